The number of ether oxygens (including phenoxy) is 1. The molecule has 0 fully saturated rings. The van der Waals surface area contributed by atoms with Gasteiger partial charge in [0.25, 0.3) is 0 Å². The zero-order valence-corrected chi connectivity index (χ0v) is 14.7. The van der Waals surface area contributed by atoms with E-state index >= 15 is 0 Å². The Morgan fingerprint density at radius 1 is 0.963 bits per heavy atom. The Morgan fingerprint density at radius 3 is 2.59 bits per heavy atom. The van der Waals surface area contributed by atoms with Crippen LogP contribution in [0.3, 0.4) is 0 Å². The largest absolute Gasteiger partial charge is 0.488 e. The van der Waals surface area contributed by atoms with E-state index in [4.69, 9.17) is 4.74 Å². The molecule has 0 radical (unpaired) electrons. The monoisotopic (exact) mass is 354 g/mol. The van der Waals surface area contributed by atoms with Crippen LogP contribution in [0.2, 0.25) is 0 Å². The Labute approximate surface area is 158 Å². The van der Waals surface area contributed by atoms with Gasteiger partial charge in [0.1, 0.15) is 12.4 Å². The number of fused-ring (bicyclic) bond motifs is 2. The van der Waals surface area contributed by atoms with Crippen molar-refractivity contribution < 1.29 is 14.6 Å². The number of carbonyl (C=O) groups excluding carboxylic acids is 1. The summed E-state index contributed by atoms with van der Waals surface area (Å²) in [7, 11) is 0. The van der Waals surface area contributed by atoms with E-state index in [2.05, 4.69) is 11.8 Å². The third-order valence-corrected chi connectivity index (χ3v) is 4.58. The van der Waals surface area contributed by atoms with Crippen molar-refractivity contribution in [2.24, 2.45) is 0 Å². The Balaban J connectivity index is 1.58. The van der Waals surface area contributed by atoms with Crippen LogP contribution in [0.5, 0.6) is 5.75 Å². The first kappa shape index (κ1) is 17.1. The minimum Gasteiger partial charge on any atom is -0.488 e. The maximum absolute atomic E-state index is 12.9. The topological polar surface area (TPSA) is 46.5 Å². The Bertz CT molecular complexity index is 1040. The van der Waals surface area contributed by atoms with Crippen molar-refractivity contribution in [1.29, 1.82) is 0 Å². The van der Waals surface area contributed by atoms with Crippen LogP contribution in [0.1, 0.15) is 45.1 Å². The van der Waals surface area contributed by atoms with Crippen molar-refractivity contribution in [3.05, 3.63) is 101 Å². The van der Waals surface area contributed by atoms with Crippen molar-refractivity contribution in [1.82, 2.24) is 0 Å². The highest BCUT2D eigenvalue weighted by Crippen LogP contribution is 2.31. The van der Waals surface area contributed by atoms with Crippen LogP contribution < -0.4 is 4.74 Å². The standard InChI is InChI=1S/C24H18O3/c25-22(12-6-9-17-7-2-1-3-8-17)18-13-14-23-21(15-18)24(26)20-11-5-4-10-19(20)16-27-23/h1-5,7-8,10-11,13-15,22,25H,12,16H2/t22-/m1/s1. The summed E-state index contributed by atoms with van der Waals surface area (Å²) in [4.78, 5) is 12.9. The van der Waals surface area contributed by atoms with Gasteiger partial charge in [-0.15, -0.1) is 0 Å². The number of ketones is 1. The van der Waals surface area contributed by atoms with Crippen LogP contribution in [-0.4, -0.2) is 10.9 Å². The summed E-state index contributed by atoms with van der Waals surface area (Å²) in [5.74, 6) is 6.50. The molecular weight excluding hydrogens is 336 g/mol. The highest BCUT2D eigenvalue weighted by molar-refractivity contribution is 6.12. The lowest BCUT2D eigenvalue weighted by atomic mass is 9.96. The van der Waals surface area contributed by atoms with Gasteiger partial charge >= 0.3 is 0 Å². The zero-order valence-electron chi connectivity index (χ0n) is 14.7. The average Bonchev–Trinajstić information content (AvgIpc) is 2.86. The zero-order chi connectivity index (χ0) is 18.6. The molecule has 0 saturated carbocycles. The van der Waals surface area contributed by atoms with Gasteiger partial charge in [-0.05, 0) is 29.8 Å². The summed E-state index contributed by atoms with van der Waals surface area (Å²) in [6.07, 6.45) is -0.475. The molecule has 0 amide bonds. The minimum absolute atomic E-state index is 0.0810. The molecule has 1 aliphatic heterocycles. The number of benzene rings is 3. The molecule has 3 aromatic carbocycles. The fraction of sp³-hybridized carbons (Fsp3) is 0.125. The van der Waals surface area contributed by atoms with E-state index < -0.39 is 6.10 Å². The summed E-state index contributed by atoms with van der Waals surface area (Å²) in [5, 5.41) is 10.5. The molecule has 3 aromatic rings. The van der Waals surface area contributed by atoms with Gasteiger partial charge in [-0.25, -0.2) is 0 Å². The summed E-state index contributed by atoms with van der Waals surface area (Å²) in [5.41, 5.74) is 3.56. The molecular formula is C24H18O3. The Kier molecular flexibility index (Phi) is 4.74. The van der Waals surface area contributed by atoms with Crippen LogP contribution in [0.15, 0.2) is 72.8 Å². The SMILES string of the molecule is O=C1c2ccccc2COc2ccc([C@H](O)CC#Cc3ccccc3)cc21. The van der Waals surface area contributed by atoms with Gasteiger partial charge in [0, 0.05) is 23.1 Å². The first-order valence-electron chi connectivity index (χ1n) is 8.84. The van der Waals surface area contributed by atoms with Crippen LogP contribution in [0.4, 0.5) is 0 Å². The lowest BCUT2D eigenvalue weighted by Gasteiger charge is -2.11. The molecule has 1 atom stereocenters. The molecule has 27 heavy (non-hydrogen) atoms. The second-order valence-corrected chi connectivity index (χ2v) is 6.42. The molecule has 1 aliphatic rings. The summed E-state index contributed by atoms with van der Waals surface area (Å²) < 4.78 is 5.79. The molecule has 4 rings (SSSR count). The molecule has 0 aromatic heterocycles. The van der Waals surface area contributed by atoms with Crippen LogP contribution in [0.25, 0.3) is 0 Å². The quantitative estimate of drug-likeness (QED) is 0.699. The molecule has 0 spiro atoms. The van der Waals surface area contributed by atoms with Gasteiger partial charge < -0.3 is 9.84 Å². The van der Waals surface area contributed by atoms with Crippen LogP contribution >= 0.6 is 0 Å². The highest BCUT2D eigenvalue weighted by Gasteiger charge is 2.23. The number of hydrogen-bond donors (Lipinski definition) is 1. The fourth-order valence-corrected chi connectivity index (χ4v) is 3.12. The first-order valence-corrected chi connectivity index (χ1v) is 8.84. The maximum Gasteiger partial charge on any atom is 0.197 e. The summed E-state index contributed by atoms with van der Waals surface area (Å²) in [6.45, 7) is 0.360. The van der Waals surface area contributed by atoms with E-state index in [1.165, 1.54) is 0 Å². The van der Waals surface area contributed by atoms with Gasteiger partial charge in [0.05, 0.1) is 11.7 Å². The van der Waals surface area contributed by atoms with Crippen LogP contribution in [-0.2, 0) is 6.61 Å². The third-order valence-electron chi connectivity index (χ3n) is 4.58. The molecule has 0 unspecified atom stereocenters. The Hall–Kier alpha value is -3.35. The van der Waals surface area contributed by atoms with E-state index in [-0.39, 0.29) is 5.78 Å². The average molecular weight is 354 g/mol. The molecule has 3 heteroatoms. The molecule has 0 saturated heterocycles. The molecule has 3 nitrogen and oxygen atoms in total. The van der Waals surface area contributed by atoms with Crippen molar-refractivity contribution >= 4 is 5.78 Å². The predicted molar refractivity (Wildman–Crippen MR) is 104 cm³/mol. The molecule has 0 bridgehead atoms. The summed E-state index contributed by atoms with van der Waals surface area (Å²) >= 11 is 0. The highest BCUT2D eigenvalue weighted by atomic mass is 16.5. The van der Waals surface area contributed by atoms with Crippen molar-refractivity contribution in [2.45, 2.75) is 19.1 Å². The van der Waals surface area contributed by atoms with E-state index in [1.807, 2.05) is 54.6 Å². The van der Waals surface area contributed by atoms with Crippen molar-refractivity contribution in [2.75, 3.05) is 0 Å². The predicted octanol–water partition coefficient (Wildman–Crippen LogP) is 4.29. The number of rotatable bonds is 2. The lowest BCUT2D eigenvalue weighted by molar-refractivity contribution is 0.103. The normalized spacial score (nSPS) is 13.3. The van der Waals surface area contributed by atoms with E-state index in [0.29, 0.717) is 35.5 Å². The van der Waals surface area contributed by atoms with Gasteiger partial charge in [-0.2, -0.15) is 0 Å². The third kappa shape index (κ3) is 3.62. The Morgan fingerprint density at radius 2 is 1.74 bits per heavy atom. The van der Waals surface area contributed by atoms with Gasteiger partial charge in [0.2, 0.25) is 0 Å². The van der Waals surface area contributed by atoms with Gasteiger partial charge in [-0.3, -0.25) is 4.79 Å². The second-order valence-electron chi connectivity index (χ2n) is 6.42. The van der Waals surface area contributed by atoms with Crippen molar-refractivity contribution in [3.63, 3.8) is 0 Å². The molecule has 1 N–H and O–H groups in total. The van der Waals surface area contributed by atoms with Crippen LogP contribution in [0, 0.1) is 11.8 Å². The van der Waals surface area contributed by atoms with Gasteiger partial charge in [-0.1, -0.05) is 60.4 Å². The smallest absolute Gasteiger partial charge is 0.197 e. The molecule has 1 heterocycles. The van der Waals surface area contributed by atoms with E-state index in [9.17, 15) is 9.90 Å². The van der Waals surface area contributed by atoms with E-state index in [1.54, 1.807) is 18.2 Å². The molecule has 0 aliphatic carbocycles. The minimum atomic E-state index is -0.766. The number of hydrogen-bond acceptors (Lipinski definition) is 3. The fourth-order valence-electron chi connectivity index (χ4n) is 3.12. The molecule has 132 valence electrons. The number of aliphatic hydroxyl groups excluding tert-OH is 1. The number of aliphatic hydroxyl groups is 1. The lowest BCUT2D eigenvalue weighted by Crippen LogP contribution is -2.04. The van der Waals surface area contributed by atoms with Crippen molar-refractivity contribution in [3.8, 4) is 17.6 Å². The van der Waals surface area contributed by atoms with E-state index in [0.717, 1.165) is 11.1 Å². The number of carbonyl (C=O) groups is 1. The maximum atomic E-state index is 12.9. The second kappa shape index (κ2) is 7.49. The van der Waals surface area contributed by atoms with Gasteiger partial charge in [0.15, 0.2) is 5.78 Å². The summed E-state index contributed by atoms with van der Waals surface area (Å²) in [6, 6.07) is 22.3. The first-order chi connectivity index (χ1) is 13.2.